The number of rotatable bonds is 4. The molecule has 6 aromatic rings. The number of hydrogen-bond donors (Lipinski definition) is 0. The van der Waals surface area contributed by atoms with Gasteiger partial charge in [-0.25, -0.2) is 0 Å². The summed E-state index contributed by atoms with van der Waals surface area (Å²) in [7, 11) is 0. The molecule has 0 amide bonds. The second kappa shape index (κ2) is 8.80. The van der Waals surface area contributed by atoms with Gasteiger partial charge in [0.1, 0.15) is 12.1 Å². The van der Waals surface area contributed by atoms with Gasteiger partial charge in [0.15, 0.2) is 0 Å². The molecule has 4 heteroatoms. The van der Waals surface area contributed by atoms with Crippen LogP contribution in [-0.4, -0.2) is 4.57 Å². The third-order valence-corrected chi connectivity index (χ3v) is 6.44. The van der Waals surface area contributed by atoms with Crippen LogP contribution in [0.4, 0.5) is 17.1 Å². The van der Waals surface area contributed by atoms with Gasteiger partial charge < -0.3 is 9.47 Å². The minimum atomic E-state index is 0.468. The van der Waals surface area contributed by atoms with Crippen LogP contribution in [0.2, 0.25) is 0 Å². The molecule has 0 spiro atoms. The summed E-state index contributed by atoms with van der Waals surface area (Å²) >= 11 is 0. The average Bonchev–Trinajstić information content (AvgIpc) is 3.27. The van der Waals surface area contributed by atoms with Crippen LogP contribution < -0.4 is 4.90 Å². The average molecular weight is 461 g/mol. The van der Waals surface area contributed by atoms with Gasteiger partial charge in [-0.1, -0.05) is 60.7 Å². The maximum absolute atomic E-state index is 9.87. The second-order valence-electron chi connectivity index (χ2n) is 8.49. The fraction of sp³-hybridized carbons (Fsp3) is 0. The van der Waals surface area contributed by atoms with Crippen molar-refractivity contribution in [2.45, 2.75) is 0 Å². The van der Waals surface area contributed by atoms with Crippen LogP contribution in [-0.2, 0) is 0 Å². The Balaban J connectivity index is 1.66. The van der Waals surface area contributed by atoms with Gasteiger partial charge >= 0.3 is 0 Å². The van der Waals surface area contributed by atoms with Crippen LogP contribution in [0, 0.1) is 22.7 Å². The largest absolute Gasteiger partial charge is 0.310 e. The van der Waals surface area contributed by atoms with Gasteiger partial charge in [0, 0.05) is 27.8 Å². The Kier molecular flexibility index (Phi) is 5.19. The molecule has 0 atom stereocenters. The molecule has 0 N–H and O–H groups in total. The van der Waals surface area contributed by atoms with E-state index >= 15 is 0 Å². The van der Waals surface area contributed by atoms with Gasteiger partial charge in [0.25, 0.3) is 0 Å². The molecule has 0 fully saturated rings. The van der Waals surface area contributed by atoms with Gasteiger partial charge in [-0.05, 0) is 60.7 Å². The number of nitrogens with zero attached hydrogens (tertiary/aromatic N) is 4. The summed E-state index contributed by atoms with van der Waals surface area (Å²) in [5, 5.41) is 21.9. The fourth-order valence-corrected chi connectivity index (χ4v) is 4.91. The van der Waals surface area contributed by atoms with E-state index in [-0.39, 0.29) is 0 Å². The van der Waals surface area contributed by atoms with Crippen LogP contribution in [0.15, 0.2) is 121 Å². The summed E-state index contributed by atoms with van der Waals surface area (Å²) in [4.78, 5) is 2.23. The van der Waals surface area contributed by atoms with Gasteiger partial charge in [-0.3, -0.25) is 0 Å². The maximum atomic E-state index is 9.87. The zero-order chi connectivity index (χ0) is 24.5. The van der Waals surface area contributed by atoms with E-state index in [0.29, 0.717) is 16.8 Å². The molecule has 0 aliphatic rings. The number of para-hydroxylation sites is 4. The Hall–Kier alpha value is -5.32. The first-order chi connectivity index (χ1) is 17.8. The number of benzene rings is 5. The van der Waals surface area contributed by atoms with Gasteiger partial charge in [0.2, 0.25) is 0 Å². The molecular formula is C32H20N4. The highest BCUT2D eigenvalue weighted by atomic mass is 15.1. The van der Waals surface area contributed by atoms with Crippen molar-refractivity contribution < 1.29 is 0 Å². The molecule has 6 rings (SSSR count). The molecule has 0 saturated carbocycles. The van der Waals surface area contributed by atoms with E-state index in [1.807, 2.05) is 59.2 Å². The second-order valence-corrected chi connectivity index (χ2v) is 8.49. The molecule has 0 saturated heterocycles. The number of anilines is 3. The molecule has 0 aliphatic carbocycles. The van der Waals surface area contributed by atoms with Crippen LogP contribution in [0.5, 0.6) is 0 Å². The highest BCUT2D eigenvalue weighted by Gasteiger charge is 2.20. The van der Waals surface area contributed by atoms with Crippen molar-refractivity contribution in [3.05, 3.63) is 132 Å². The van der Waals surface area contributed by atoms with Crippen molar-refractivity contribution in [1.82, 2.24) is 4.57 Å². The zero-order valence-electron chi connectivity index (χ0n) is 19.3. The molecule has 0 radical (unpaired) electrons. The Morgan fingerprint density at radius 3 is 1.67 bits per heavy atom. The first-order valence-electron chi connectivity index (χ1n) is 11.7. The lowest BCUT2D eigenvalue weighted by molar-refractivity contribution is 1.15. The lowest BCUT2D eigenvalue weighted by Crippen LogP contribution is -2.09. The van der Waals surface area contributed by atoms with Crippen molar-refractivity contribution >= 4 is 38.9 Å². The Morgan fingerprint density at radius 2 is 1.06 bits per heavy atom. The van der Waals surface area contributed by atoms with E-state index in [9.17, 15) is 10.5 Å². The molecule has 5 aromatic carbocycles. The van der Waals surface area contributed by atoms with Crippen molar-refractivity contribution in [1.29, 1.82) is 10.5 Å². The molecule has 0 aliphatic heterocycles. The molecule has 1 aromatic heterocycles. The predicted octanol–water partition coefficient (Wildman–Crippen LogP) is 8.00. The minimum Gasteiger partial charge on any atom is -0.310 e. The topological polar surface area (TPSA) is 55.8 Å². The summed E-state index contributed by atoms with van der Waals surface area (Å²) in [6.07, 6.45) is 0. The maximum Gasteiger partial charge on any atom is 0.101 e. The molecule has 36 heavy (non-hydrogen) atoms. The standard InChI is InChI=1S/C32H20N4/c33-21-23-10-9-11-24(22-34)32(23)36-30-17-8-7-16-28(30)29-20-27(18-19-31(29)36)35(25-12-3-1-4-13-25)26-14-5-2-6-15-26/h1-20H. The van der Waals surface area contributed by atoms with Crippen molar-refractivity contribution in [2.24, 2.45) is 0 Å². The number of aromatic nitrogens is 1. The fourth-order valence-electron chi connectivity index (χ4n) is 4.91. The summed E-state index contributed by atoms with van der Waals surface area (Å²) in [6.45, 7) is 0. The molecule has 0 unspecified atom stereocenters. The highest BCUT2D eigenvalue weighted by molar-refractivity contribution is 6.11. The number of fused-ring (bicyclic) bond motifs is 3. The number of hydrogen-bond acceptors (Lipinski definition) is 3. The van der Waals surface area contributed by atoms with E-state index in [1.165, 1.54) is 0 Å². The lowest BCUT2D eigenvalue weighted by Gasteiger charge is -2.25. The summed E-state index contributed by atoms with van der Waals surface area (Å²) < 4.78 is 2.04. The van der Waals surface area contributed by atoms with Gasteiger partial charge in [0.05, 0.1) is 27.8 Å². The summed E-state index contributed by atoms with van der Waals surface area (Å²) in [5.41, 5.74) is 6.60. The van der Waals surface area contributed by atoms with Crippen LogP contribution in [0.25, 0.3) is 27.5 Å². The number of nitriles is 2. The van der Waals surface area contributed by atoms with Crippen molar-refractivity contribution in [2.75, 3.05) is 4.90 Å². The molecule has 168 valence electrons. The van der Waals surface area contributed by atoms with Gasteiger partial charge in [-0.15, -0.1) is 0 Å². The quantitative estimate of drug-likeness (QED) is 0.268. The summed E-state index contributed by atoms with van der Waals surface area (Å²) in [5.74, 6) is 0. The van der Waals surface area contributed by atoms with E-state index in [0.717, 1.165) is 38.9 Å². The molecular weight excluding hydrogens is 440 g/mol. The van der Waals surface area contributed by atoms with Crippen LogP contribution >= 0.6 is 0 Å². The Morgan fingerprint density at radius 1 is 0.500 bits per heavy atom. The third kappa shape index (κ3) is 3.38. The molecule has 4 nitrogen and oxygen atoms in total. The Labute approximate surface area is 209 Å². The van der Waals surface area contributed by atoms with Crippen LogP contribution in [0.3, 0.4) is 0 Å². The van der Waals surface area contributed by atoms with E-state index in [1.54, 1.807) is 18.2 Å². The monoisotopic (exact) mass is 460 g/mol. The highest BCUT2D eigenvalue weighted by Crippen LogP contribution is 2.40. The smallest absolute Gasteiger partial charge is 0.101 e. The van der Waals surface area contributed by atoms with Crippen molar-refractivity contribution in [3.8, 4) is 17.8 Å². The first-order valence-corrected chi connectivity index (χ1v) is 11.7. The third-order valence-electron chi connectivity index (χ3n) is 6.44. The SMILES string of the molecule is N#Cc1cccc(C#N)c1-n1c2ccccc2c2cc(N(c3ccccc3)c3ccccc3)ccc21. The van der Waals surface area contributed by atoms with Gasteiger partial charge in [-0.2, -0.15) is 10.5 Å². The van der Waals surface area contributed by atoms with Crippen LogP contribution in [0.1, 0.15) is 11.1 Å². The Bertz CT molecular complexity index is 1730. The predicted molar refractivity (Wildman–Crippen MR) is 145 cm³/mol. The van der Waals surface area contributed by atoms with E-state index in [2.05, 4.69) is 65.6 Å². The van der Waals surface area contributed by atoms with E-state index in [4.69, 9.17) is 0 Å². The molecule has 0 bridgehead atoms. The van der Waals surface area contributed by atoms with Crippen molar-refractivity contribution in [3.63, 3.8) is 0 Å². The first kappa shape index (κ1) is 21.2. The normalized spacial score (nSPS) is 10.7. The lowest BCUT2D eigenvalue weighted by atomic mass is 10.1. The zero-order valence-corrected chi connectivity index (χ0v) is 19.3. The van der Waals surface area contributed by atoms with E-state index < -0.39 is 0 Å². The molecule has 1 heterocycles. The summed E-state index contributed by atoms with van der Waals surface area (Å²) in [6, 6.07) is 44.9. The minimum absolute atomic E-state index is 0.468.